The predicted molar refractivity (Wildman–Crippen MR) is 62.2 cm³/mol. The molecular weight excluding hydrogens is 219 g/mol. The van der Waals surface area contributed by atoms with Gasteiger partial charge in [-0.1, -0.05) is 0 Å². The highest BCUT2D eigenvalue weighted by atomic mass is 19.1. The molecule has 4 heteroatoms. The Morgan fingerprint density at radius 3 is 3.00 bits per heavy atom. The van der Waals surface area contributed by atoms with Crippen LogP contribution in [0.25, 0.3) is 0 Å². The van der Waals surface area contributed by atoms with E-state index >= 15 is 0 Å². The van der Waals surface area contributed by atoms with Crippen molar-refractivity contribution < 1.29 is 9.18 Å². The molecule has 0 spiro atoms. The van der Waals surface area contributed by atoms with Crippen molar-refractivity contribution in [1.29, 1.82) is 5.26 Å². The number of hydrogen-bond acceptors (Lipinski definition) is 3. The van der Waals surface area contributed by atoms with E-state index in [0.717, 1.165) is 32.1 Å². The number of carbonyl (C=O) groups is 1. The van der Waals surface area contributed by atoms with E-state index in [1.165, 1.54) is 12.1 Å². The third-order valence-corrected chi connectivity index (χ3v) is 3.09. The van der Waals surface area contributed by atoms with E-state index < -0.39 is 5.82 Å². The zero-order chi connectivity index (χ0) is 12.3. The minimum absolute atomic E-state index is 0.193. The molecule has 0 N–H and O–H groups in total. The van der Waals surface area contributed by atoms with Crippen molar-refractivity contribution in [2.75, 3.05) is 11.4 Å². The highest BCUT2D eigenvalue weighted by Gasteiger charge is 2.24. The lowest BCUT2D eigenvalue weighted by atomic mass is 10.0. The van der Waals surface area contributed by atoms with E-state index in [4.69, 9.17) is 5.26 Å². The number of benzene rings is 1. The van der Waals surface area contributed by atoms with Gasteiger partial charge in [0.25, 0.3) is 0 Å². The standard InChI is InChI=1S/C13H13FN2O/c14-11-4-5-13(10(7-11)8-15)16-6-2-1-3-12(16)9-17/h4-5,7,9,12H,1-3,6H2. The maximum atomic E-state index is 13.0. The molecule has 1 unspecified atom stereocenters. The van der Waals surface area contributed by atoms with Crippen LogP contribution >= 0.6 is 0 Å². The fourth-order valence-electron chi connectivity index (χ4n) is 2.25. The number of nitrogens with zero attached hydrogens (tertiary/aromatic N) is 2. The molecule has 1 aromatic carbocycles. The Kier molecular flexibility index (Phi) is 3.38. The first-order valence-electron chi connectivity index (χ1n) is 5.68. The third-order valence-electron chi connectivity index (χ3n) is 3.09. The van der Waals surface area contributed by atoms with Crippen LogP contribution in [0.1, 0.15) is 24.8 Å². The largest absolute Gasteiger partial charge is 0.361 e. The van der Waals surface area contributed by atoms with Crippen LogP contribution in [-0.4, -0.2) is 18.9 Å². The molecule has 1 aromatic rings. The highest BCUT2D eigenvalue weighted by Crippen LogP contribution is 2.27. The number of anilines is 1. The lowest BCUT2D eigenvalue weighted by Gasteiger charge is -2.34. The molecule has 1 heterocycles. The molecule has 0 saturated carbocycles. The number of halogens is 1. The molecule has 0 amide bonds. The second-order valence-electron chi connectivity index (χ2n) is 4.17. The van der Waals surface area contributed by atoms with Gasteiger partial charge in [0.1, 0.15) is 18.2 Å². The summed E-state index contributed by atoms with van der Waals surface area (Å²) in [6.07, 6.45) is 3.71. The van der Waals surface area contributed by atoms with Crippen LogP contribution in [0.4, 0.5) is 10.1 Å². The SMILES string of the molecule is N#Cc1cc(F)ccc1N1CCCCC1C=O. The summed E-state index contributed by atoms with van der Waals surface area (Å²) >= 11 is 0. The Hall–Kier alpha value is -1.89. The molecule has 1 saturated heterocycles. The molecule has 1 fully saturated rings. The molecule has 1 atom stereocenters. The van der Waals surface area contributed by atoms with Crippen LogP contribution < -0.4 is 4.90 Å². The zero-order valence-electron chi connectivity index (χ0n) is 9.40. The Morgan fingerprint density at radius 2 is 2.29 bits per heavy atom. The number of hydrogen-bond donors (Lipinski definition) is 0. The van der Waals surface area contributed by atoms with Gasteiger partial charge in [0.15, 0.2) is 0 Å². The maximum absolute atomic E-state index is 13.0. The Labute approximate surface area is 99.5 Å². The molecule has 1 aliphatic rings. The average Bonchev–Trinajstić information content (AvgIpc) is 2.38. The molecule has 1 aliphatic heterocycles. The molecule has 17 heavy (non-hydrogen) atoms. The van der Waals surface area contributed by atoms with Gasteiger partial charge in [-0.05, 0) is 37.5 Å². The molecule has 2 rings (SSSR count). The number of carbonyl (C=O) groups excluding carboxylic acids is 1. The summed E-state index contributed by atoms with van der Waals surface area (Å²) in [7, 11) is 0. The van der Waals surface area contributed by atoms with E-state index in [-0.39, 0.29) is 6.04 Å². The van der Waals surface area contributed by atoms with Gasteiger partial charge in [0.05, 0.1) is 17.3 Å². The van der Waals surface area contributed by atoms with E-state index in [0.29, 0.717) is 11.3 Å². The average molecular weight is 232 g/mol. The number of piperidine rings is 1. The Bertz CT molecular complexity index is 467. The van der Waals surface area contributed by atoms with Gasteiger partial charge in [0.2, 0.25) is 0 Å². The minimum Gasteiger partial charge on any atom is -0.361 e. The number of nitriles is 1. The summed E-state index contributed by atoms with van der Waals surface area (Å²) in [5.41, 5.74) is 0.949. The molecule has 3 nitrogen and oxygen atoms in total. The maximum Gasteiger partial charge on any atom is 0.142 e. The zero-order valence-corrected chi connectivity index (χ0v) is 9.40. The molecule has 0 aliphatic carbocycles. The van der Waals surface area contributed by atoms with E-state index in [9.17, 15) is 9.18 Å². The topological polar surface area (TPSA) is 44.1 Å². The quantitative estimate of drug-likeness (QED) is 0.734. The molecular formula is C13H13FN2O. The van der Waals surface area contributed by atoms with Crippen LogP contribution in [0.5, 0.6) is 0 Å². The van der Waals surface area contributed by atoms with Gasteiger partial charge in [-0.15, -0.1) is 0 Å². The van der Waals surface area contributed by atoms with Gasteiger partial charge in [-0.25, -0.2) is 4.39 Å². The second-order valence-corrected chi connectivity index (χ2v) is 4.17. The van der Waals surface area contributed by atoms with Gasteiger partial charge in [0, 0.05) is 6.54 Å². The molecule has 0 radical (unpaired) electrons. The van der Waals surface area contributed by atoms with Crippen molar-refractivity contribution in [1.82, 2.24) is 0 Å². The Morgan fingerprint density at radius 1 is 1.47 bits per heavy atom. The fraction of sp³-hybridized carbons (Fsp3) is 0.385. The van der Waals surface area contributed by atoms with E-state index in [2.05, 4.69) is 0 Å². The van der Waals surface area contributed by atoms with E-state index in [1.54, 1.807) is 6.07 Å². The van der Waals surface area contributed by atoms with Crippen molar-refractivity contribution in [2.24, 2.45) is 0 Å². The molecule has 0 aromatic heterocycles. The van der Waals surface area contributed by atoms with Gasteiger partial charge < -0.3 is 9.69 Å². The fourth-order valence-corrected chi connectivity index (χ4v) is 2.25. The van der Waals surface area contributed by atoms with Crippen molar-refractivity contribution in [3.05, 3.63) is 29.6 Å². The molecule has 88 valence electrons. The third kappa shape index (κ3) is 2.28. The van der Waals surface area contributed by atoms with E-state index in [1.807, 2.05) is 11.0 Å². The normalized spacial score (nSPS) is 19.8. The highest BCUT2D eigenvalue weighted by molar-refractivity contribution is 5.70. The first kappa shape index (κ1) is 11.6. The van der Waals surface area contributed by atoms with Gasteiger partial charge in [-0.3, -0.25) is 0 Å². The van der Waals surface area contributed by atoms with Crippen LogP contribution in [-0.2, 0) is 4.79 Å². The lowest BCUT2D eigenvalue weighted by Crippen LogP contribution is -2.41. The van der Waals surface area contributed by atoms with Crippen molar-refractivity contribution in [3.8, 4) is 6.07 Å². The first-order chi connectivity index (χ1) is 8.26. The first-order valence-corrected chi connectivity index (χ1v) is 5.68. The monoisotopic (exact) mass is 232 g/mol. The van der Waals surface area contributed by atoms with Crippen molar-refractivity contribution in [2.45, 2.75) is 25.3 Å². The summed E-state index contributed by atoms with van der Waals surface area (Å²) in [4.78, 5) is 12.9. The predicted octanol–water partition coefficient (Wildman–Crippen LogP) is 2.26. The van der Waals surface area contributed by atoms with Gasteiger partial charge in [-0.2, -0.15) is 5.26 Å². The van der Waals surface area contributed by atoms with Crippen LogP contribution in [0.2, 0.25) is 0 Å². The summed E-state index contributed by atoms with van der Waals surface area (Å²) in [5, 5.41) is 9.00. The second kappa shape index (κ2) is 4.96. The van der Waals surface area contributed by atoms with Crippen LogP contribution in [0.3, 0.4) is 0 Å². The van der Waals surface area contributed by atoms with Crippen molar-refractivity contribution >= 4 is 12.0 Å². The summed E-state index contributed by atoms with van der Waals surface area (Å²) in [6.45, 7) is 0.740. The van der Waals surface area contributed by atoms with Gasteiger partial charge >= 0.3 is 0 Å². The number of rotatable bonds is 2. The summed E-state index contributed by atoms with van der Waals surface area (Å²) in [6, 6.07) is 5.91. The summed E-state index contributed by atoms with van der Waals surface area (Å²) in [5.74, 6) is -0.426. The lowest BCUT2D eigenvalue weighted by molar-refractivity contribution is -0.109. The molecule has 0 bridgehead atoms. The summed E-state index contributed by atoms with van der Waals surface area (Å²) < 4.78 is 13.0. The van der Waals surface area contributed by atoms with Crippen LogP contribution in [0.15, 0.2) is 18.2 Å². The minimum atomic E-state index is -0.426. The van der Waals surface area contributed by atoms with Crippen molar-refractivity contribution in [3.63, 3.8) is 0 Å². The smallest absolute Gasteiger partial charge is 0.142 e. The number of aldehydes is 1. The van der Waals surface area contributed by atoms with Crippen LogP contribution in [0, 0.1) is 17.1 Å². The Balaban J connectivity index is 2.38.